The van der Waals surface area contributed by atoms with Crippen LogP contribution >= 0.6 is 11.6 Å². The quantitative estimate of drug-likeness (QED) is 0.599. The van der Waals surface area contributed by atoms with E-state index in [9.17, 15) is 14.4 Å². The molecule has 3 rings (SSSR count). The first-order chi connectivity index (χ1) is 11.6. The number of hydrogen-bond acceptors (Lipinski definition) is 3. The minimum Gasteiger partial charge on any atom is -0.296 e. The smallest absolute Gasteiger partial charge is 0.262 e. The molecule has 0 fully saturated rings. The third kappa shape index (κ3) is 2.97. The molecule has 0 N–H and O–H groups in total. The minimum absolute atomic E-state index is 0.229. The number of amides is 2. The number of carbonyl (C=O) groups is 3. The summed E-state index contributed by atoms with van der Waals surface area (Å²) in [5.41, 5.74) is 1.73. The summed E-state index contributed by atoms with van der Waals surface area (Å²) in [5, 5.41) is 0. The molecule has 1 aliphatic rings. The molecule has 2 aromatic carbocycles. The van der Waals surface area contributed by atoms with Crippen LogP contribution in [0.1, 0.15) is 32.7 Å². The van der Waals surface area contributed by atoms with Gasteiger partial charge in [0.1, 0.15) is 6.04 Å². The zero-order valence-corrected chi connectivity index (χ0v) is 13.7. The average Bonchev–Trinajstić information content (AvgIpc) is 2.88. The molecule has 2 amide bonds. The van der Waals surface area contributed by atoms with Crippen molar-refractivity contribution in [1.82, 2.24) is 4.90 Å². The fourth-order valence-corrected chi connectivity index (χ4v) is 3.14. The minimum atomic E-state index is -0.838. The molecule has 0 radical (unpaired) electrons. The summed E-state index contributed by atoms with van der Waals surface area (Å²) in [7, 11) is 0. The van der Waals surface area contributed by atoms with Gasteiger partial charge in [-0.3, -0.25) is 19.3 Å². The van der Waals surface area contributed by atoms with E-state index >= 15 is 0 Å². The fourth-order valence-electron chi connectivity index (χ4n) is 2.96. The Morgan fingerprint density at radius 2 is 1.46 bits per heavy atom. The fraction of sp³-hybridized carbons (Fsp3) is 0.211. The molecule has 0 saturated carbocycles. The molecule has 0 bridgehead atoms. The second-order valence-electron chi connectivity index (χ2n) is 5.67. The zero-order chi connectivity index (χ0) is 17.1. The number of rotatable bonds is 6. The molecule has 1 aliphatic heterocycles. The van der Waals surface area contributed by atoms with Crippen LogP contribution in [0.5, 0.6) is 0 Å². The molecule has 0 aromatic heterocycles. The summed E-state index contributed by atoms with van der Waals surface area (Å²) >= 11 is 5.71. The lowest BCUT2D eigenvalue weighted by atomic mass is 10.0. The molecule has 122 valence electrons. The summed E-state index contributed by atoms with van der Waals surface area (Å²) in [4.78, 5) is 38.5. The number of hydrogen-bond donors (Lipinski definition) is 0. The number of halogens is 1. The van der Waals surface area contributed by atoms with Gasteiger partial charge >= 0.3 is 0 Å². The first kappa shape index (κ1) is 16.4. The van der Waals surface area contributed by atoms with Gasteiger partial charge in [0.2, 0.25) is 0 Å². The molecule has 1 unspecified atom stereocenters. The van der Waals surface area contributed by atoms with Gasteiger partial charge in [-0.1, -0.05) is 42.5 Å². The number of nitrogens with zero attached hydrogens (tertiary/aromatic N) is 1. The van der Waals surface area contributed by atoms with Gasteiger partial charge < -0.3 is 0 Å². The van der Waals surface area contributed by atoms with Crippen LogP contribution in [-0.4, -0.2) is 34.4 Å². The van der Waals surface area contributed by atoms with Crippen LogP contribution in [0.3, 0.4) is 0 Å². The number of aryl methyl sites for hydroxylation is 1. The number of fused-ring (bicyclic) bond motifs is 1. The van der Waals surface area contributed by atoms with E-state index in [1.54, 1.807) is 24.3 Å². The van der Waals surface area contributed by atoms with E-state index in [2.05, 4.69) is 0 Å². The van der Waals surface area contributed by atoms with E-state index < -0.39 is 17.9 Å². The Kier molecular flexibility index (Phi) is 4.76. The number of benzene rings is 2. The summed E-state index contributed by atoms with van der Waals surface area (Å²) < 4.78 is 0. The van der Waals surface area contributed by atoms with E-state index in [1.807, 2.05) is 30.3 Å². The second kappa shape index (κ2) is 6.97. The summed E-state index contributed by atoms with van der Waals surface area (Å²) in [6.45, 7) is 0. The van der Waals surface area contributed by atoms with Crippen LogP contribution in [0, 0.1) is 0 Å². The molecule has 0 saturated heterocycles. The van der Waals surface area contributed by atoms with Crippen molar-refractivity contribution in [3.05, 3.63) is 71.3 Å². The highest BCUT2D eigenvalue weighted by Gasteiger charge is 2.41. The first-order valence-corrected chi connectivity index (χ1v) is 8.26. The summed E-state index contributed by atoms with van der Waals surface area (Å²) in [6, 6.07) is 15.4. The van der Waals surface area contributed by atoms with E-state index in [0.29, 0.717) is 24.0 Å². The Labute approximate surface area is 145 Å². The van der Waals surface area contributed by atoms with Gasteiger partial charge in [-0.15, -0.1) is 11.6 Å². The number of Topliss-reactive ketones (excluding diaryl/α,β-unsaturated/α-hetero) is 1. The second-order valence-corrected chi connectivity index (χ2v) is 5.93. The molecular formula is C19H16ClNO3. The molecule has 1 atom stereocenters. The van der Waals surface area contributed by atoms with Gasteiger partial charge in [0.05, 0.1) is 17.0 Å². The van der Waals surface area contributed by atoms with E-state index in [0.717, 1.165) is 10.5 Å². The molecule has 4 nitrogen and oxygen atoms in total. The predicted molar refractivity (Wildman–Crippen MR) is 91.2 cm³/mol. The van der Waals surface area contributed by atoms with Crippen LogP contribution < -0.4 is 0 Å². The van der Waals surface area contributed by atoms with Crippen molar-refractivity contribution < 1.29 is 14.4 Å². The monoisotopic (exact) mass is 341 g/mol. The molecular weight excluding hydrogens is 326 g/mol. The Morgan fingerprint density at radius 3 is 2.00 bits per heavy atom. The molecule has 5 heteroatoms. The van der Waals surface area contributed by atoms with Crippen molar-refractivity contribution >= 4 is 29.2 Å². The van der Waals surface area contributed by atoms with Gasteiger partial charge in [0.15, 0.2) is 5.78 Å². The Balaban J connectivity index is 1.86. The number of carbonyl (C=O) groups excluding carboxylic acids is 3. The highest BCUT2D eigenvalue weighted by atomic mass is 35.5. The van der Waals surface area contributed by atoms with Gasteiger partial charge in [-0.2, -0.15) is 0 Å². The highest BCUT2D eigenvalue weighted by molar-refractivity contribution is 6.30. The lowest BCUT2D eigenvalue weighted by molar-refractivity contribution is -0.120. The van der Waals surface area contributed by atoms with Crippen molar-refractivity contribution in [3.8, 4) is 0 Å². The summed E-state index contributed by atoms with van der Waals surface area (Å²) in [5.74, 6) is -1.39. The van der Waals surface area contributed by atoms with Gasteiger partial charge in [-0.05, 0) is 30.5 Å². The van der Waals surface area contributed by atoms with Gasteiger partial charge in [-0.25, -0.2) is 0 Å². The third-order valence-corrected chi connectivity index (χ3v) is 4.45. The van der Waals surface area contributed by atoms with Gasteiger partial charge in [0.25, 0.3) is 11.8 Å². The average molecular weight is 342 g/mol. The molecule has 0 aliphatic carbocycles. The SMILES string of the molecule is O=C(CCl)C(CCc1ccccc1)N1C(=O)c2ccccc2C1=O. The number of alkyl halides is 1. The van der Waals surface area contributed by atoms with E-state index in [-0.39, 0.29) is 11.7 Å². The standard InChI is InChI=1S/C19H16ClNO3/c20-12-17(22)16(11-10-13-6-2-1-3-7-13)21-18(23)14-8-4-5-9-15(14)19(21)24/h1-9,16H,10-12H2. The summed E-state index contributed by atoms with van der Waals surface area (Å²) in [6.07, 6.45) is 0.947. The Morgan fingerprint density at radius 1 is 0.917 bits per heavy atom. The van der Waals surface area contributed by atoms with E-state index in [1.165, 1.54) is 0 Å². The Bertz CT molecular complexity index is 753. The van der Waals surface area contributed by atoms with Crippen molar-refractivity contribution in [2.45, 2.75) is 18.9 Å². The van der Waals surface area contributed by atoms with Crippen LogP contribution in [-0.2, 0) is 11.2 Å². The maximum Gasteiger partial charge on any atom is 0.262 e. The maximum absolute atomic E-state index is 12.6. The van der Waals surface area contributed by atoms with Crippen molar-refractivity contribution in [2.24, 2.45) is 0 Å². The zero-order valence-electron chi connectivity index (χ0n) is 12.9. The lowest BCUT2D eigenvalue weighted by Crippen LogP contribution is -2.45. The lowest BCUT2D eigenvalue weighted by Gasteiger charge is -2.24. The number of ketones is 1. The van der Waals surface area contributed by atoms with Crippen molar-refractivity contribution in [2.75, 3.05) is 5.88 Å². The van der Waals surface area contributed by atoms with E-state index in [4.69, 9.17) is 11.6 Å². The van der Waals surface area contributed by atoms with Crippen LogP contribution in [0.4, 0.5) is 0 Å². The number of imide groups is 1. The maximum atomic E-state index is 12.6. The van der Waals surface area contributed by atoms with Gasteiger partial charge in [0, 0.05) is 0 Å². The predicted octanol–water partition coefficient (Wildman–Crippen LogP) is 3.09. The molecule has 1 heterocycles. The largest absolute Gasteiger partial charge is 0.296 e. The molecule has 2 aromatic rings. The van der Waals surface area contributed by atoms with Crippen molar-refractivity contribution in [1.29, 1.82) is 0 Å². The first-order valence-electron chi connectivity index (χ1n) is 7.73. The van der Waals surface area contributed by atoms with Crippen LogP contribution in [0.15, 0.2) is 54.6 Å². The molecule has 24 heavy (non-hydrogen) atoms. The topological polar surface area (TPSA) is 54.5 Å². The Hall–Kier alpha value is -2.46. The van der Waals surface area contributed by atoms with Crippen LogP contribution in [0.2, 0.25) is 0 Å². The molecule has 0 spiro atoms. The third-order valence-electron chi connectivity index (χ3n) is 4.19. The van der Waals surface area contributed by atoms with Crippen LogP contribution in [0.25, 0.3) is 0 Å². The van der Waals surface area contributed by atoms with Crippen molar-refractivity contribution in [3.63, 3.8) is 0 Å². The normalized spacial score (nSPS) is 14.6. The highest BCUT2D eigenvalue weighted by Crippen LogP contribution is 2.26.